The number of esters is 2. The van der Waals surface area contributed by atoms with Crippen molar-refractivity contribution in [1.82, 2.24) is 0 Å². The van der Waals surface area contributed by atoms with E-state index in [2.05, 4.69) is 0 Å². The van der Waals surface area contributed by atoms with Crippen LogP contribution in [0.4, 0.5) is 0 Å². The zero-order valence-corrected chi connectivity index (χ0v) is 17.7. The molecule has 1 atom stereocenters. The van der Waals surface area contributed by atoms with E-state index in [-0.39, 0.29) is 17.7 Å². The van der Waals surface area contributed by atoms with Crippen molar-refractivity contribution in [3.05, 3.63) is 65.2 Å². The lowest BCUT2D eigenvalue weighted by atomic mass is 10.1. The van der Waals surface area contributed by atoms with Gasteiger partial charge in [-0.1, -0.05) is 12.1 Å². The zero-order valence-electron chi connectivity index (χ0n) is 17.7. The van der Waals surface area contributed by atoms with Crippen LogP contribution >= 0.6 is 0 Å². The number of phenolic OH excluding ortho intramolecular Hbond substituents is 5. The first-order chi connectivity index (χ1) is 16.5. The predicted octanol–water partition coefficient (Wildman–Crippen LogP) is 1.61. The number of benzene rings is 3. The third kappa shape index (κ3) is 5.69. The first-order valence-corrected chi connectivity index (χ1v) is 9.79. The summed E-state index contributed by atoms with van der Waals surface area (Å²) < 4.78 is 10.1. The molecule has 0 amide bonds. The summed E-state index contributed by atoms with van der Waals surface area (Å²) in [5, 5.41) is 57.3. The van der Waals surface area contributed by atoms with Gasteiger partial charge in [0.1, 0.15) is 11.8 Å². The molecule has 0 fully saturated rings. The van der Waals surface area contributed by atoms with Crippen LogP contribution in [-0.4, -0.2) is 54.6 Å². The van der Waals surface area contributed by atoms with E-state index >= 15 is 0 Å². The van der Waals surface area contributed by atoms with E-state index in [0.717, 1.165) is 24.3 Å². The van der Waals surface area contributed by atoms with Crippen LogP contribution in [0.1, 0.15) is 26.3 Å². The minimum absolute atomic E-state index is 0.0563. The van der Waals surface area contributed by atoms with Gasteiger partial charge >= 0.3 is 17.9 Å². The van der Waals surface area contributed by atoms with Gasteiger partial charge in [0, 0.05) is 0 Å². The maximum Gasteiger partial charge on any atom is 0.343 e. The smallest absolute Gasteiger partial charge is 0.343 e. The van der Waals surface area contributed by atoms with Crippen LogP contribution in [-0.2, 0) is 11.2 Å². The molecular weight excluding hydrogens is 466 g/mol. The van der Waals surface area contributed by atoms with Crippen molar-refractivity contribution in [2.45, 2.75) is 12.5 Å². The minimum Gasteiger partial charge on any atom is -0.504 e. The number of carbonyl (C=O) groups excluding carboxylic acids is 2. The third-order valence-electron chi connectivity index (χ3n) is 4.71. The molecule has 0 aliphatic heterocycles. The van der Waals surface area contributed by atoms with E-state index in [1.165, 1.54) is 24.3 Å². The second-order valence-electron chi connectivity index (χ2n) is 7.28. The number of rotatable bonds is 7. The Labute approximate surface area is 196 Å². The highest BCUT2D eigenvalue weighted by atomic mass is 16.5. The number of phenols is 5. The number of carboxylic acids is 1. The first-order valence-electron chi connectivity index (χ1n) is 9.79. The monoisotopic (exact) mass is 485 g/mol. The number of aliphatic carboxylic acids is 1. The van der Waals surface area contributed by atoms with Gasteiger partial charge in [0.15, 0.2) is 28.7 Å². The molecule has 8 N–H and O–H groups in total. The summed E-state index contributed by atoms with van der Waals surface area (Å²) in [5.74, 6) is -8.07. The van der Waals surface area contributed by atoms with Crippen molar-refractivity contribution in [3.63, 3.8) is 0 Å². The molecule has 35 heavy (non-hydrogen) atoms. The number of nitrogens with two attached hydrogens (primary N) is 1. The highest BCUT2D eigenvalue weighted by Crippen LogP contribution is 2.39. The Bertz CT molecular complexity index is 1280. The standard InChI is InChI=1S/C23H19NO11/c24-14(21(30)31)5-10-1-3-13(4-2-10)34-22(32)12-8-17(27)20(29)18(9-12)35-23(33)11-6-15(25)19(28)16(26)7-11/h1-4,6-9,14,25-29H,5,24H2,(H,30,31)/t14-/m0/s1. The van der Waals surface area contributed by atoms with Gasteiger partial charge < -0.3 is 45.8 Å². The van der Waals surface area contributed by atoms with Gasteiger partial charge in [-0.3, -0.25) is 4.79 Å². The van der Waals surface area contributed by atoms with E-state index in [9.17, 15) is 39.9 Å². The van der Waals surface area contributed by atoms with Crippen molar-refractivity contribution in [3.8, 4) is 40.2 Å². The van der Waals surface area contributed by atoms with Crippen molar-refractivity contribution < 1.29 is 54.5 Å². The van der Waals surface area contributed by atoms with Crippen molar-refractivity contribution in [1.29, 1.82) is 0 Å². The lowest BCUT2D eigenvalue weighted by molar-refractivity contribution is -0.138. The predicted molar refractivity (Wildman–Crippen MR) is 117 cm³/mol. The zero-order chi connectivity index (χ0) is 25.9. The van der Waals surface area contributed by atoms with E-state index in [4.69, 9.17) is 20.3 Å². The van der Waals surface area contributed by atoms with Crippen LogP contribution in [0.2, 0.25) is 0 Å². The normalized spacial score (nSPS) is 11.5. The van der Waals surface area contributed by atoms with Gasteiger partial charge in [0.25, 0.3) is 0 Å². The van der Waals surface area contributed by atoms with E-state index < -0.39 is 64.0 Å². The van der Waals surface area contributed by atoms with E-state index in [1.54, 1.807) is 0 Å². The van der Waals surface area contributed by atoms with Crippen molar-refractivity contribution in [2.75, 3.05) is 0 Å². The van der Waals surface area contributed by atoms with Gasteiger partial charge in [-0.05, 0) is 48.4 Å². The SMILES string of the molecule is N[C@@H](Cc1ccc(OC(=O)c2cc(O)c(O)c(OC(=O)c3cc(O)c(O)c(O)c3)c2)cc1)C(=O)O. The highest BCUT2D eigenvalue weighted by molar-refractivity contribution is 5.95. The lowest BCUT2D eigenvalue weighted by Crippen LogP contribution is -2.32. The average molecular weight is 485 g/mol. The number of carbonyl (C=O) groups is 3. The molecule has 0 heterocycles. The largest absolute Gasteiger partial charge is 0.504 e. The average Bonchev–Trinajstić information content (AvgIpc) is 2.80. The van der Waals surface area contributed by atoms with Gasteiger partial charge in [-0.25, -0.2) is 9.59 Å². The Kier molecular flexibility index (Phi) is 6.97. The number of aromatic hydroxyl groups is 5. The van der Waals surface area contributed by atoms with Gasteiger partial charge in [-0.15, -0.1) is 0 Å². The van der Waals surface area contributed by atoms with Gasteiger partial charge in [0.2, 0.25) is 5.75 Å². The topological polar surface area (TPSA) is 217 Å². The quantitative estimate of drug-likeness (QED) is 0.144. The van der Waals surface area contributed by atoms with E-state index in [1.807, 2.05) is 0 Å². The summed E-state index contributed by atoms with van der Waals surface area (Å²) in [4.78, 5) is 35.7. The molecular formula is C23H19NO11. The van der Waals surface area contributed by atoms with Crippen molar-refractivity contribution >= 4 is 17.9 Å². The Hall–Kier alpha value is -4.97. The molecule has 0 aromatic heterocycles. The fourth-order valence-electron chi connectivity index (χ4n) is 2.87. The summed E-state index contributed by atoms with van der Waals surface area (Å²) in [6.45, 7) is 0. The molecule has 0 saturated carbocycles. The number of ether oxygens (including phenoxy) is 2. The van der Waals surface area contributed by atoms with Crippen LogP contribution in [0.3, 0.4) is 0 Å². The second kappa shape index (κ2) is 9.89. The molecule has 0 spiro atoms. The van der Waals surface area contributed by atoms with Crippen LogP contribution in [0.15, 0.2) is 48.5 Å². The van der Waals surface area contributed by atoms with Crippen molar-refractivity contribution in [2.24, 2.45) is 5.73 Å². The van der Waals surface area contributed by atoms with E-state index in [0.29, 0.717) is 5.56 Å². The summed E-state index contributed by atoms with van der Waals surface area (Å²) in [5.41, 5.74) is 5.34. The molecule has 182 valence electrons. The Morgan fingerprint density at radius 2 is 1.23 bits per heavy atom. The third-order valence-corrected chi connectivity index (χ3v) is 4.71. The van der Waals surface area contributed by atoms with Crippen LogP contribution in [0, 0.1) is 0 Å². The van der Waals surface area contributed by atoms with Gasteiger partial charge in [0.05, 0.1) is 11.1 Å². The second-order valence-corrected chi connectivity index (χ2v) is 7.28. The summed E-state index contributed by atoms with van der Waals surface area (Å²) in [6, 6.07) is 8.07. The molecule has 12 nitrogen and oxygen atoms in total. The molecule has 0 aliphatic carbocycles. The maximum absolute atomic E-state index is 12.5. The molecule has 0 aliphatic rings. The molecule has 3 aromatic rings. The molecule has 12 heteroatoms. The number of hydrogen-bond acceptors (Lipinski definition) is 11. The van der Waals surface area contributed by atoms with Crippen LogP contribution in [0.25, 0.3) is 0 Å². The molecule has 3 aromatic carbocycles. The highest BCUT2D eigenvalue weighted by Gasteiger charge is 2.21. The summed E-state index contributed by atoms with van der Waals surface area (Å²) >= 11 is 0. The summed E-state index contributed by atoms with van der Waals surface area (Å²) in [7, 11) is 0. The molecule has 0 unspecified atom stereocenters. The molecule has 0 radical (unpaired) electrons. The van der Waals surface area contributed by atoms with Crippen LogP contribution < -0.4 is 15.2 Å². The molecule has 0 saturated heterocycles. The van der Waals surface area contributed by atoms with Gasteiger partial charge in [-0.2, -0.15) is 0 Å². The fraction of sp³-hybridized carbons (Fsp3) is 0.0870. The van der Waals surface area contributed by atoms with Crippen LogP contribution in [0.5, 0.6) is 40.2 Å². The number of hydrogen-bond donors (Lipinski definition) is 7. The molecule has 0 bridgehead atoms. The summed E-state index contributed by atoms with van der Waals surface area (Å²) in [6.07, 6.45) is 0.0563. The Morgan fingerprint density at radius 1 is 0.743 bits per heavy atom. The first kappa shape index (κ1) is 24.7. The number of carboxylic acid groups (broad SMARTS) is 1. The Morgan fingerprint density at radius 3 is 1.77 bits per heavy atom. The maximum atomic E-state index is 12.5. The Balaban J connectivity index is 1.77. The minimum atomic E-state index is -1.20. The lowest BCUT2D eigenvalue weighted by Gasteiger charge is -2.11. The molecule has 3 rings (SSSR count). The fourth-order valence-corrected chi connectivity index (χ4v) is 2.87.